The minimum atomic E-state index is -0.833. The monoisotopic (exact) mass is 250 g/mol. The molecule has 0 aromatic carbocycles. The lowest BCUT2D eigenvalue weighted by atomic mass is 10.0. The van der Waals surface area contributed by atoms with Gasteiger partial charge in [-0.2, -0.15) is 0 Å². The Morgan fingerprint density at radius 2 is 2.41 bits per heavy atom. The SMILES string of the molecule is Cc1sc2c(c1C(=O)O)NC1CCN(C)C=C21. The average Bonchev–Trinajstić information content (AvgIpc) is 2.72. The van der Waals surface area contributed by atoms with Crippen LogP contribution in [0.1, 0.15) is 26.5 Å². The maximum absolute atomic E-state index is 11.2. The van der Waals surface area contributed by atoms with E-state index in [9.17, 15) is 9.90 Å². The molecular formula is C12H14N2O2S. The van der Waals surface area contributed by atoms with E-state index in [1.165, 1.54) is 5.57 Å². The van der Waals surface area contributed by atoms with Crippen molar-refractivity contribution in [2.24, 2.45) is 0 Å². The van der Waals surface area contributed by atoms with E-state index in [1.807, 2.05) is 6.92 Å². The Morgan fingerprint density at radius 3 is 3.12 bits per heavy atom. The number of fused-ring (bicyclic) bond motifs is 3. The summed E-state index contributed by atoms with van der Waals surface area (Å²) < 4.78 is 0. The smallest absolute Gasteiger partial charge is 0.338 e. The maximum atomic E-state index is 11.2. The van der Waals surface area contributed by atoms with Crippen LogP contribution in [0.5, 0.6) is 0 Å². The summed E-state index contributed by atoms with van der Waals surface area (Å²) in [5.74, 6) is -0.833. The molecule has 0 saturated heterocycles. The highest BCUT2D eigenvalue weighted by Gasteiger charge is 2.35. The fraction of sp³-hybridized carbons (Fsp3) is 0.417. The normalized spacial score (nSPS) is 21.6. The Balaban J connectivity index is 2.14. The van der Waals surface area contributed by atoms with E-state index in [-0.39, 0.29) is 0 Å². The van der Waals surface area contributed by atoms with Crippen molar-refractivity contribution in [1.29, 1.82) is 0 Å². The molecule has 0 radical (unpaired) electrons. The zero-order valence-corrected chi connectivity index (χ0v) is 10.6. The summed E-state index contributed by atoms with van der Waals surface area (Å²) in [7, 11) is 2.06. The molecule has 0 saturated carbocycles. The number of aromatic carboxylic acids is 1. The van der Waals surface area contributed by atoms with Crippen LogP contribution in [-0.4, -0.2) is 35.6 Å². The van der Waals surface area contributed by atoms with E-state index in [0.717, 1.165) is 28.4 Å². The topological polar surface area (TPSA) is 52.6 Å². The molecule has 2 aliphatic rings. The molecule has 3 rings (SSSR count). The van der Waals surface area contributed by atoms with Crippen molar-refractivity contribution in [3.8, 4) is 0 Å². The number of rotatable bonds is 1. The van der Waals surface area contributed by atoms with Gasteiger partial charge in [-0.3, -0.25) is 0 Å². The number of aryl methyl sites for hydroxylation is 1. The Hall–Kier alpha value is -1.49. The largest absolute Gasteiger partial charge is 0.478 e. The molecule has 2 aliphatic heterocycles. The molecule has 17 heavy (non-hydrogen) atoms. The summed E-state index contributed by atoms with van der Waals surface area (Å²) in [4.78, 5) is 15.4. The van der Waals surface area contributed by atoms with Crippen molar-refractivity contribution in [2.45, 2.75) is 19.4 Å². The first-order valence-corrected chi connectivity index (χ1v) is 6.45. The zero-order valence-electron chi connectivity index (χ0n) is 9.78. The van der Waals surface area contributed by atoms with Gasteiger partial charge in [-0.25, -0.2) is 4.79 Å². The van der Waals surface area contributed by atoms with E-state index in [0.29, 0.717) is 11.6 Å². The third-order valence-electron chi connectivity index (χ3n) is 3.38. The van der Waals surface area contributed by atoms with Crippen molar-refractivity contribution in [3.05, 3.63) is 21.5 Å². The van der Waals surface area contributed by atoms with Crippen LogP contribution in [0.2, 0.25) is 0 Å². The van der Waals surface area contributed by atoms with Gasteiger partial charge in [0.05, 0.1) is 22.2 Å². The fourth-order valence-electron chi connectivity index (χ4n) is 2.56. The number of nitrogens with one attached hydrogen (secondary N) is 1. The van der Waals surface area contributed by atoms with Gasteiger partial charge >= 0.3 is 5.97 Å². The maximum Gasteiger partial charge on any atom is 0.338 e. The summed E-state index contributed by atoms with van der Waals surface area (Å²) in [5.41, 5.74) is 2.52. The van der Waals surface area contributed by atoms with Crippen LogP contribution >= 0.6 is 11.3 Å². The number of hydrogen-bond acceptors (Lipinski definition) is 4. The number of carboxylic acids is 1. The van der Waals surface area contributed by atoms with Crippen molar-refractivity contribution in [1.82, 2.24) is 4.90 Å². The number of carbonyl (C=O) groups is 1. The third-order valence-corrected chi connectivity index (χ3v) is 4.54. The average molecular weight is 250 g/mol. The summed E-state index contributed by atoms with van der Waals surface area (Å²) in [5, 5.41) is 12.6. The second-order valence-corrected chi connectivity index (χ2v) is 5.82. The summed E-state index contributed by atoms with van der Waals surface area (Å²) in [6, 6.07) is 0.297. The minimum absolute atomic E-state index is 0.297. The number of carboxylic acid groups (broad SMARTS) is 1. The number of anilines is 1. The predicted octanol–water partition coefficient (Wildman–Crippen LogP) is 2.23. The van der Waals surface area contributed by atoms with Gasteiger partial charge in [0.15, 0.2) is 0 Å². The lowest BCUT2D eigenvalue weighted by Gasteiger charge is -2.26. The lowest BCUT2D eigenvalue weighted by molar-refractivity contribution is 0.0698. The molecule has 0 fully saturated rings. The Labute approximate surface area is 104 Å². The van der Waals surface area contributed by atoms with E-state index < -0.39 is 5.97 Å². The van der Waals surface area contributed by atoms with Gasteiger partial charge in [0.2, 0.25) is 0 Å². The van der Waals surface area contributed by atoms with Crippen LogP contribution < -0.4 is 5.32 Å². The standard InChI is InChI=1S/C12H14N2O2S/c1-6-9(12(15)16)10-11(17-6)7-5-14(2)4-3-8(7)13-10/h5,8,13H,3-4H2,1-2H3,(H,15,16). The van der Waals surface area contributed by atoms with E-state index in [1.54, 1.807) is 11.3 Å². The highest BCUT2D eigenvalue weighted by Crippen LogP contribution is 2.46. The van der Waals surface area contributed by atoms with Gasteiger partial charge in [-0.1, -0.05) is 0 Å². The molecule has 90 valence electrons. The van der Waals surface area contributed by atoms with E-state index in [4.69, 9.17) is 0 Å². The van der Waals surface area contributed by atoms with Crippen molar-refractivity contribution in [3.63, 3.8) is 0 Å². The zero-order chi connectivity index (χ0) is 12.2. The number of hydrogen-bond donors (Lipinski definition) is 2. The molecule has 1 aromatic heterocycles. The first kappa shape index (κ1) is 10.7. The van der Waals surface area contributed by atoms with Gasteiger partial charge < -0.3 is 15.3 Å². The molecule has 0 bridgehead atoms. The Bertz CT molecular complexity index is 533. The molecule has 0 spiro atoms. The van der Waals surface area contributed by atoms with E-state index in [2.05, 4.69) is 23.5 Å². The second kappa shape index (κ2) is 3.50. The summed E-state index contributed by atoms with van der Waals surface area (Å²) in [6.07, 6.45) is 3.16. The van der Waals surface area contributed by atoms with Crippen LogP contribution in [-0.2, 0) is 0 Å². The quantitative estimate of drug-likeness (QED) is 0.802. The Morgan fingerprint density at radius 1 is 1.65 bits per heavy atom. The molecule has 1 atom stereocenters. The molecule has 3 heterocycles. The molecule has 0 amide bonds. The van der Waals surface area contributed by atoms with E-state index >= 15 is 0 Å². The summed E-state index contributed by atoms with van der Waals surface area (Å²) >= 11 is 1.58. The first-order valence-electron chi connectivity index (χ1n) is 5.63. The first-order chi connectivity index (χ1) is 8.08. The van der Waals surface area contributed by atoms with Crippen molar-refractivity contribution < 1.29 is 9.90 Å². The Kier molecular flexibility index (Phi) is 2.19. The molecule has 4 nitrogen and oxygen atoms in total. The second-order valence-electron chi connectivity index (χ2n) is 4.59. The van der Waals surface area contributed by atoms with Gasteiger partial charge in [0.1, 0.15) is 0 Å². The highest BCUT2D eigenvalue weighted by atomic mass is 32.1. The molecule has 1 aromatic rings. The third kappa shape index (κ3) is 1.45. The number of nitrogens with zero attached hydrogens (tertiary/aromatic N) is 1. The van der Waals surface area contributed by atoms with Gasteiger partial charge in [-0.15, -0.1) is 11.3 Å². The van der Waals surface area contributed by atoms with Crippen molar-refractivity contribution >= 4 is 28.6 Å². The van der Waals surface area contributed by atoms with Crippen LogP contribution in [0, 0.1) is 6.92 Å². The fourth-order valence-corrected chi connectivity index (χ4v) is 3.74. The van der Waals surface area contributed by atoms with Crippen LogP contribution in [0.3, 0.4) is 0 Å². The molecule has 0 aliphatic carbocycles. The molecule has 5 heteroatoms. The number of thiophene rings is 1. The molecule has 1 unspecified atom stereocenters. The van der Waals surface area contributed by atoms with Gasteiger partial charge in [0, 0.05) is 30.2 Å². The predicted molar refractivity (Wildman–Crippen MR) is 68.7 cm³/mol. The molecular weight excluding hydrogens is 236 g/mol. The van der Waals surface area contributed by atoms with Crippen LogP contribution in [0.4, 0.5) is 5.69 Å². The van der Waals surface area contributed by atoms with Gasteiger partial charge in [-0.05, 0) is 13.3 Å². The minimum Gasteiger partial charge on any atom is -0.478 e. The van der Waals surface area contributed by atoms with Crippen LogP contribution in [0.15, 0.2) is 6.20 Å². The summed E-state index contributed by atoms with van der Waals surface area (Å²) in [6.45, 7) is 2.88. The highest BCUT2D eigenvalue weighted by molar-refractivity contribution is 7.14. The van der Waals surface area contributed by atoms with Gasteiger partial charge in [0.25, 0.3) is 0 Å². The van der Waals surface area contributed by atoms with Crippen molar-refractivity contribution in [2.75, 3.05) is 18.9 Å². The van der Waals surface area contributed by atoms with Crippen LogP contribution in [0.25, 0.3) is 5.57 Å². The molecule has 2 N–H and O–H groups in total. The lowest BCUT2D eigenvalue weighted by Crippen LogP contribution is -2.28.